The molecule has 0 aliphatic rings. The van der Waals surface area contributed by atoms with Crippen LogP contribution in [0, 0.1) is 5.92 Å². The van der Waals surface area contributed by atoms with Crippen LogP contribution in [0.15, 0.2) is 19.9 Å². The fourth-order valence-electron chi connectivity index (χ4n) is 1.95. The van der Waals surface area contributed by atoms with Crippen LogP contribution in [0.1, 0.15) is 58.1 Å². The minimum Gasteiger partial charge on any atom is -0.399 e. The van der Waals surface area contributed by atoms with E-state index in [4.69, 9.17) is 4.42 Å². The van der Waals surface area contributed by atoms with Crippen molar-refractivity contribution in [2.75, 3.05) is 0 Å². The molecule has 0 aliphatic carbocycles. The van der Waals surface area contributed by atoms with E-state index < -0.39 is 5.82 Å². The maximum atomic E-state index is 10.7. The molecular weight excluding hydrogens is 204 g/mol. The van der Waals surface area contributed by atoms with Crippen LogP contribution in [0.2, 0.25) is 0 Å². The van der Waals surface area contributed by atoms with Gasteiger partial charge >= 0.3 is 5.82 Å². The first-order valence-electron chi connectivity index (χ1n) is 6.33. The number of hydrogen-bond acceptors (Lipinski definition) is 3. The van der Waals surface area contributed by atoms with Crippen molar-refractivity contribution in [3.05, 3.63) is 22.6 Å². The van der Waals surface area contributed by atoms with Gasteiger partial charge in [0, 0.05) is 6.42 Å². The predicted molar refractivity (Wildman–Crippen MR) is 63.5 cm³/mol. The highest BCUT2D eigenvalue weighted by Crippen LogP contribution is 2.18. The lowest BCUT2D eigenvalue weighted by Crippen LogP contribution is -2.03. The second kappa shape index (κ2) is 7.31. The summed E-state index contributed by atoms with van der Waals surface area (Å²) in [5.41, 5.74) is 0. The number of unbranched alkanes of at least 4 members (excludes halogenated alkanes) is 3. The normalized spacial score (nSPS) is 12.9. The summed E-state index contributed by atoms with van der Waals surface area (Å²) in [4.78, 5) is 10.7. The molecule has 0 bridgehead atoms. The van der Waals surface area contributed by atoms with Gasteiger partial charge in [-0.3, -0.25) is 0 Å². The van der Waals surface area contributed by atoms with Crippen LogP contribution >= 0.6 is 0 Å². The Morgan fingerprint density at radius 3 is 2.62 bits per heavy atom. The molecule has 0 amide bonds. The van der Waals surface area contributed by atoms with Crippen LogP contribution in [0.25, 0.3) is 0 Å². The Hall–Kier alpha value is -0.990. The summed E-state index contributed by atoms with van der Waals surface area (Å²) in [5, 5.41) is 0. The van der Waals surface area contributed by atoms with Crippen LogP contribution in [0.5, 0.6) is 0 Å². The van der Waals surface area contributed by atoms with Gasteiger partial charge in [-0.15, -0.1) is 0 Å². The number of rotatable bonds is 8. The first-order valence-corrected chi connectivity index (χ1v) is 6.33. The Morgan fingerprint density at radius 1 is 1.25 bits per heavy atom. The van der Waals surface area contributed by atoms with E-state index in [2.05, 4.69) is 18.3 Å². The van der Waals surface area contributed by atoms with Gasteiger partial charge in [0.15, 0.2) is 0 Å². The van der Waals surface area contributed by atoms with Crippen molar-refractivity contribution < 1.29 is 8.83 Å². The van der Waals surface area contributed by atoms with Crippen LogP contribution in [-0.2, 0) is 6.42 Å². The van der Waals surface area contributed by atoms with Crippen molar-refractivity contribution in [2.45, 2.75) is 58.8 Å². The first kappa shape index (κ1) is 13.1. The highest BCUT2D eigenvalue weighted by atomic mass is 16.6. The van der Waals surface area contributed by atoms with Crippen molar-refractivity contribution >= 4 is 0 Å². The summed E-state index contributed by atoms with van der Waals surface area (Å²) in [7, 11) is 0. The quantitative estimate of drug-likeness (QED) is 0.634. The van der Waals surface area contributed by atoms with E-state index in [9.17, 15) is 4.79 Å². The molecule has 0 N–H and O–H groups in total. The highest BCUT2D eigenvalue weighted by molar-refractivity contribution is 4.87. The molecule has 1 aromatic rings. The monoisotopic (exact) mass is 226 g/mol. The molecular formula is C13H22O3. The molecule has 3 heteroatoms. The molecule has 0 saturated carbocycles. The molecule has 1 heterocycles. The van der Waals surface area contributed by atoms with E-state index in [1.807, 2.05) is 0 Å². The van der Waals surface area contributed by atoms with E-state index in [0.717, 1.165) is 12.8 Å². The predicted octanol–water partition coefficient (Wildman–Crippen LogP) is 3.77. The van der Waals surface area contributed by atoms with Gasteiger partial charge in [0.05, 0.1) is 0 Å². The fourth-order valence-corrected chi connectivity index (χ4v) is 1.95. The average Bonchev–Trinajstić information content (AvgIpc) is 2.68. The van der Waals surface area contributed by atoms with Gasteiger partial charge in [0.2, 0.25) is 0 Å². The molecule has 92 valence electrons. The molecule has 1 rings (SSSR count). The van der Waals surface area contributed by atoms with Gasteiger partial charge in [0.25, 0.3) is 0 Å². The van der Waals surface area contributed by atoms with E-state index >= 15 is 0 Å². The smallest absolute Gasteiger partial charge is 0.399 e. The van der Waals surface area contributed by atoms with Crippen molar-refractivity contribution in [2.24, 2.45) is 5.92 Å². The molecule has 0 aliphatic heterocycles. The van der Waals surface area contributed by atoms with E-state index in [1.165, 1.54) is 38.4 Å². The molecule has 0 aromatic carbocycles. The number of hydrogen-bond donors (Lipinski definition) is 0. The zero-order valence-corrected chi connectivity index (χ0v) is 10.3. The van der Waals surface area contributed by atoms with Crippen molar-refractivity contribution in [1.82, 2.24) is 0 Å². The Labute approximate surface area is 96.8 Å². The van der Waals surface area contributed by atoms with Gasteiger partial charge in [0.1, 0.15) is 12.0 Å². The lowest BCUT2D eigenvalue weighted by Gasteiger charge is -2.12. The molecule has 0 fully saturated rings. The Balaban J connectivity index is 2.28. The van der Waals surface area contributed by atoms with Crippen LogP contribution in [0.3, 0.4) is 0 Å². The Bertz CT molecular complexity index is 324. The zero-order chi connectivity index (χ0) is 11.8. The summed E-state index contributed by atoms with van der Waals surface area (Å²) >= 11 is 0. The molecule has 0 spiro atoms. The third-order valence-corrected chi connectivity index (χ3v) is 3.03. The van der Waals surface area contributed by atoms with Crippen molar-refractivity contribution in [3.8, 4) is 0 Å². The molecule has 1 aromatic heterocycles. The SMILES string of the molecule is CCCCCCC(CC)Cc1coc(=O)o1. The molecule has 1 unspecified atom stereocenters. The fraction of sp³-hybridized carbons (Fsp3) is 0.769. The average molecular weight is 226 g/mol. The van der Waals surface area contributed by atoms with Crippen molar-refractivity contribution in [3.63, 3.8) is 0 Å². The summed E-state index contributed by atoms with van der Waals surface area (Å²) in [6.45, 7) is 4.40. The van der Waals surface area contributed by atoms with Crippen molar-refractivity contribution in [1.29, 1.82) is 0 Å². The lowest BCUT2D eigenvalue weighted by atomic mass is 9.94. The van der Waals surface area contributed by atoms with Gasteiger partial charge in [-0.05, 0) is 5.92 Å². The third kappa shape index (κ3) is 4.69. The van der Waals surface area contributed by atoms with E-state index in [1.54, 1.807) is 0 Å². The molecule has 0 radical (unpaired) electrons. The highest BCUT2D eigenvalue weighted by Gasteiger charge is 2.10. The van der Waals surface area contributed by atoms with E-state index in [0.29, 0.717) is 11.7 Å². The van der Waals surface area contributed by atoms with Crippen LogP contribution in [0.4, 0.5) is 0 Å². The van der Waals surface area contributed by atoms with Gasteiger partial charge < -0.3 is 8.83 Å². The second-order valence-corrected chi connectivity index (χ2v) is 4.38. The standard InChI is InChI=1S/C13H22O3/c1-3-5-6-7-8-11(4-2)9-12-10-15-13(14)16-12/h10-11H,3-9H2,1-2H3. The van der Waals surface area contributed by atoms with Crippen LogP contribution in [-0.4, -0.2) is 0 Å². The maximum Gasteiger partial charge on any atom is 0.518 e. The Morgan fingerprint density at radius 2 is 2.06 bits per heavy atom. The Kier molecular flexibility index (Phi) is 5.98. The molecule has 1 atom stereocenters. The summed E-state index contributed by atoms with van der Waals surface area (Å²) in [6, 6.07) is 0. The van der Waals surface area contributed by atoms with Gasteiger partial charge in [-0.1, -0.05) is 52.4 Å². The topological polar surface area (TPSA) is 43.4 Å². The molecule has 16 heavy (non-hydrogen) atoms. The largest absolute Gasteiger partial charge is 0.518 e. The summed E-state index contributed by atoms with van der Waals surface area (Å²) in [6.07, 6.45) is 9.78. The third-order valence-electron chi connectivity index (χ3n) is 3.03. The summed E-state index contributed by atoms with van der Waals surface area (Å²) in [5.74, 6) is 0.709. The maximum absolute atomic E-state index is 10.7. The first-order chi connectivity index (χ1) is 7.76. The molecule has 0 saturated heterocycles. The lowest BCUT2D eigenvalue weighted by molar-refractivity contribution is 0.352. The minimum atomic E-state index is -0.587. The van der Waals surface area contributed by atoms with Gasteiger partial charge in [-0.2, -0.15) is 0 Å². The minimum absolute atomic E-state index is 0.587. The van der Waals surface area contributed by atoms with E-state index in [-0.39, 0.29) is 0 Å². The summed E-state index contributed by atoms with van der Waals surface area (Å²) < 4.78 is 9.55. The zero-order valence-electron chi connectivity index (χ0n) is 10.3. The second-order valence-electron chi connectivity index (χ2n) is 4.38. The van der Waals surface area contributed by atoms with Gasteiger partial charge in [-0.25, -0.2) is 4.79 Å². The molecule has 3 nitrogen and oxygen atoms in total. The van der Waals surface area contributed by atoms with Crippen LogP contribution < -0.4 is 5.82 Å².